The summed E-state index contributed by atoms with van der Waals surface area (Å²) in [5.41, 5.74) is 3.69. The lowest BCUT2D eigenvalue weighted by Crippen LogP contribution is -2.32. The van der Waals surface area contributed by atoms with Gasteiger partial charge in [-0.1, -0.05) is 24.3 Å². The predicted molar refractivity (Wildman–Crippen MR) is 131 cm³/mol. The van der Waals surface area contributed by atoms with Crippen molar-refractivity contribution < 1.29 is 19.4 Å². The molecule has 6 rings (SSSR count). The van der Waals surface area contributed by atoms with Gasteiger partial charge in [-0.2, -0.15) is 0 Å². The van der Waals surface area contributed by atoms with Gasteiger partial charge in [0.15, 0.2) is 0 Å². The molecule has 6 heteroatoms. The molecule has 2 aromatic heterocycles. The molecule has 2 aliphatic rings. The molecule has 1 N–H and O–H groups in total. The van der Waals surface area contributed by atoms with Crippen LogP contribution in [-0.4, -0.2) is 34.4 Å². The molecule has 2 unspecified atom stereocenters. The van der Waals surface area contributed by atoms with Crippen LogP contribution >= 0.6 is 11.3 Å². The number of nitrogens with zero attached hydrogens (tertiary/aromatic N) is 1. The molecule has 0 spiro atoms. The Balaban J connectivity index is 1.50. The van der Waals surface area contributed by atoms with Crippen molar-refractivity contribution in [2.75, 3.05) is 0 Å². The van der Waals surface area contributed by atoms with E-state index < -0.39 is 5.97 Å². The number of ether oxygens (including phenoxy) is 2. The van der Waals surface area contributed by atoms with Crippen LogP contribution < -0.4 is 4.74 Å². The Kier molecular flexibility index (Phi) is 4.89. The average Bonchev–Trinajstić information content (AvgIpc) is 3.33. The largest absolute Gasteiger partial charge is 0.489 e. The van der Waals surface area contributed by atoms with Gasteiger partial charge in [-0.25, -0.2) is 9.78 Å². The third-order valence-corrected chi connectivity index (χ3v) is 8.27. The first-order valence-electron chi connectivity index (χ1n) is 11.5. The molecule has 5 nitrogen and oxygen atoms in total. The minimum absolute atomic E-state index is 0.0355. The molecule has 0 saturated carbocycles. The van der Waals surface area contributed by atoms with E-state index in [0.29, 0.717) is 22.3 Å². The monoisotopic (exact) mass is 459 g/mol. The third kappa shape index (κ3) is 3.49. The van der Waals surface area contributed by atoms with Gasteiger partial charge >= 0.3 is 5.97 Å². The Bertz CT molecular complexity index is 1400. The first-order chi connectivity index (χ1) is 16.0. The molecule has 33 heavy (non-hydrogen) atoms. The second-order valence-corrected chi connectivity index (χ2v) is 10.2. The summed E-state index contributed by atoms with van der Waals surface area (Å²) in [6.07, 6.45) is 4.41. The second-order valence-electron chi connectivity index (χ2n) is 9.19. The molecule has 4 heterocycles. The SMILES string of the molecule is Cc1c(-c2cc(C(=O)O)c3c(OC4CC5CCC(C4)O5)ccc(C)c3n2)sc2ccccc12. The zero-order valence-electron chi connectivity index (χ0n) is 18.6. The molecule has 2 atom stereocenters. The molecule has 0 radical (unpaired) electrons. The summed E-state index contributed by atoms with van der Waals surface area (Å²) < 4.78 is 13.6. The van der Waals surface area contributed by atoms with Gasteiger partial charge in [0.2, 0.25) is 0 Å². The minimum atomic E-state index is -0.968. The lowest BCUT2D eigenvalue weighted by atomic mass is 10.0. The number of hydrogen-bond acceptors (Lipinski definition) is 5. The standard InChI is InChI=1S/C27H25NO4S/c1-14-7-10-22(32-18-11-16-8-9-17(12-18)31-16)24-20(27(29)30)13-21(28-25(14)24)26-15(2)19-5-3-4-6-23(19)33-26/h3-7,10,13,16-18H,8-9,11-12H2,1-2H3,(H,29,30). The van der Waals surface area contributed by atoms with Crippen molar-refractivity contribution in [1.29, 1.82) is 0 Å². The van der Waals surface area contributed by atoms with Crippen LogP contribution in [0.25, 0.3) is 31.6 Å². The van der Waals surface area contributed by atoms with E-state index >= 15 is 0 Å². The lowest BCUT2D eigenvalue weighted by molar-refractivity contribution is -0.0435. The highest BCUT2D eigenvalue weighted by Crippen LogP contribution is 2.41. The fourth-order valence-corrected chi connectivity index (χ4v) is 6.50. The molecule has 4 aromatic rings. The van der Waals surface area contributed by atoms with E-state index in [4.69, 9.17) is 14.5 Å². The van der Waals surface area contributed by atoms with Crippen molar-refractivity contribution in [3.63, 3.8) is 0 Å². The molecule has 0 aliphatic carbocycles. The van der Waals surface area contributed by atoms with Gasteiger partial charge in [-0.3, -0.25) is 0 Å². The summed E-state index contributed by atoms with van der Waals surface area (Å²) in [5, 5.41) is 11.9. The number of thiophene rings is 1. The van der Waals surface area contributed by atoms with Gasteiger partial charge in [0.05, 0.1) is 39.2 Å². The van der Waals surface area contributed by atoms with Crippen LogP contribution in [0.3, 0.4) is 0 Å². The molecular formula is C27H25NO4S. The molecule has 2 fully saturated rings. The highest BCUT2D eigenvalue weighted by atomic mass is 32.1. The number of carboxylic acids is 1. The van der Waals surface area contributed by atoms with Crippen molar-refractivity contribution in [2.24, 2.45) is 0 Å². The van der Waals surface area contributed by atoms with E-state index in [0.717, 1.165) is 41.7 Å². The van der Waals surface area contributed by atoms with Crippen molar-refractivity contribution in [3.05, 3.63) is 59.2 Å². The summed E-state index contributed by atoms with van der Waals surface area (Å²) in [6, 6.07) is 13.8. The maximum Gasteiger partial charge on any atom is 0.336 e. The van der Waals surface area contributed by atoms with Gasteiger partial charge in [0, 0.05) is 17.5 Å². The summed E-state index contributed by atoms with van der Waals surface area (Å²) in [7, 11) is 0. The van der Waals surface area contributed by atoms with Gasteiger partial charge in [-0.05, 0) is 61.4 Å². The summed E-state index contributed by atoms with van der Waals surface area (Å²) in [5.74, 6) is -0.365. The van der Waals surface area contributed by atoms with Crippen LogP contribution in [-0.2, 0) is 4.74 Å². The Hall–Kier alpha value is -2.96. The van der Waals surface area contributed by atoms with Gasteiger partial charge in [0.1, 0.15) is 11.9 Å². The number of carbonyl (C=O) groups is 1. The van der Waals surface area contributed by atoms with Crippen molar-refractivity contribution in [1.82, 2.24) is 4.98 Å². The number of aromatic carboxylic acids is 1. The zero-order chi connectivity index (χ0) is 22.7. The molecule has 2 saturated heterocycles. The Morgan fingerprint density at radius 2 is 1.88 bits per heavy atom. The number of rotatable bonds is 4. The Morgan fingerprint density at radius 1 is 1.12 bits per heavy atom. The van der Waals surface area contributed by atoms with E-state index in [1.807, 2.05) is 31.2 Å². The second kappa shape index (κ2) is 7.82. The van der Waals surface area contributed by atoms with E-state index in [-0.39, 0.29) is 23.9 Å². The number of aromatic nitrogens is 1. The van der Waals surface area contributed by atoms with Crippen LogP contribution in [0.1, 0.15) is 47.2 Å². The number of pyridine rings is 1. The topological polar surface area (TPSA) is 68.7 Å². The van der Waals surface area contributed by atoms with Crippen LogP contribution in [0, 0.1) is 13.8 Å². The zero-order valence-corrected chi connectivity index (χ0v) is 19.4. The summed E-state index contributed by atoms with van der Waals surface area (Å²) in [4.78, 5) is 18.4. The maximum atomic E-state index is 12.4. The third-order valence-electron chi connectivity index (χ3n) is 6.97. The van der Waals surface area contributed by atoms with Crippen LogP contribution in [0.2, 0.25) is 0 Å². The van der Waals surface area contributed by atoms with Gasteiger partial charge in [0.25, 0.3) is 0 Å². The quantitative estimate of drug-likeness (QED) is 0.376. The number of hydrogen-bond donors (Lipinski definition) is 1. The number of aryl methyl sites for hydroxylation is 2. The summed E-state index contributed by atoms with van der Waals surface area (Å²) in [6.45, 7) is 4.05. The van der Waals surface area contributed by atoms with Crippen molar-refractivity contribution >= 4 is 38.3 Å². The molecule has 168 valence electrons. The number of carboxylic acid groups (broad SMARTS) is 1. The Morgan fingerprint density at radius 3 is 2.61 bits per heavy atom. The molecule has 2 bridgehead atoms. The first kappa shape index (κ1) is 20.6. The van der Waals surface area contributed by atoms with E-state index in [1.165, 1.54) is 10.1 Å². The molecule has 2 aromatic carbocycles. The smallest absolute Gasteiger partial charge is 0.336 e. The lowest BCUT2D eigenvalue weighted by Gasteiger charge is -2.29. The van der Waals surface area contributed by atoms with Crippen LogP contribution in [0.5, 0.6) is 5.75 Å². The average molecular weight is 460 g/mol. The van der Waals surface area contributed by atoms with E-state index in [1.54, 1.807) is 17.4 Å². The highest BCUT2D eigenvalue weighted by molar-refractivity contribution is 7.22. The molecule has 0 amide bonds. The van der Waals surface area contributed by atoms with Crippen molar-refractivity contribution in [3.8, 4) is 16.3 Å². The normalized spacial score (nSPS) is 22.2. The Labute approximate surface area is 196 Å². The van der Waals surface area contributed by atoms with Crippen molar-refractivity contribution in [2.45, 2.75) is 57.8 Å². The minimum Gasteiger partial charge on any atom is -0.489 e. The molecular weight excluding hydrogens is 434 g/mol. The summed E-state index contributed by atoms with van der Waals surface area (Å²) >= 11 is 1.65. The number of fused-ring (bicyclic) bond motifs is 4. The van der Waals surface area contributed by atoms with Crippen LogP contribution in [0.4, 0.5) is 0 Å². The highest BCUT2D eigenvalue weighted by Gasteiger charge is 2.36. The van der Waals surface area contributed by atoms with E-state index in [2.05, 4.69) is 19.1 Å². The fourth-order valence-electron chi connectivity index (χ4n) is 5.33. The first-order valence-corrected chi connectivity index (χ1v) is 12.3. The maximum absolute atomic E-state index is 12.4. The molecule has 2 aliphatic heterocycles. The van der Waals surface area contributed by atoms with Gasteiger partial charge in [-0.15, -0.1) is 11.3 Å². The fraction of sp³-hybridized carbons (Fsp3) is 0.333. The van der Waals surface area contributed by atoms with Gasteiger partial charge < -0.3 is 14.6 Å². The van der Waals surface area contributed by atoms with Crippen LogP contribution in [0.15, 0.2) is 42.5 Å². The van der Waals surface area contributed by atoms with E-state index in [9.17, 15) is 9.90 Å². The number of benzene rings is 2. The predicted octanol–water partition coefficient (Wildman–Crippen LogP) is 6.52.